The van der Waals surface area contributed by atoms with Crippen LogP contribution in [0.3, 0.4) is 0 Å². The van der Waals surface area contributed by atoms with Crippen LogP contribution in [0.5, 0.6) is 11.9 Å². The number of aryl methyl sites for hydroxylation is 1. The minimum absolute atomic E-state index is 0.261. The molecular weight excluding hydrogens is 184 g/mol. The highest BCUT2D eigenvalue weighted by atomic mass is 16.5. The molecule has 1 aromatic heterocycles. The summed E-state index contributed by atoms with van der Waals surface area (Å²) >= 11 is 0. The normalized spacial score (nSPS) is 9.57. The zero-order valence-corrected chi connectivity index (χ0v) is 8.19. The Balaban J connectivity index is 2.87. The Morgan fingerprint density at radius 1 is 1.43 bits per heavy atom. The van der Waals surface area contributed by atoms with Gasteiger partial charge in [-0.1, -0.05) is 0 Å². The van der Waals surface area contributed by atoms with Crippen LogP contribution in [0.4, 0.5) is 0 Å². The quantitative estimate of drug-likeness (QED) is 0.646. The topological polar surface area (TPSA) is 61.3 Å². The van der Waals surface area contributed by atoms with Crippen LogP contribution >= 0.6 is 0 Å². The van der Waals surface area contributed by atoms with Crippen LogP contribution in [0.15, 0.2) is 6.20 Å². The van der Waals surface area contributed by atoms with E-state index >= 15 is 0 Å². The first-order valence-electron chi connectivity index (χ1n) is 4.19. The van der Waals surface area contributed by atoms with Gasteiger partial charge in [0.2, 0.25) is 5.88 Å². The molecule has 0 radical (unpaired) electrons. The van der Waals surface area contributed by atoms with Gasteiger partial charge in [0, 0.05) is 18.2 Å². The van der Waals surface area contributed by atoms with Crippen LogP contribution < -0.4 is 9.47 Å². The van der Waals surface area contributed by atoms with Gasteiger partial charge in [-0.3, -0.25) is 0 Å². The van der Waals surface area contributed by atoms with Crippen molar-refractivity contribution in [3.05, 3.63) is 11.8 Å². The highest BCUT2D eigenvalue weighted by molar-refractivity contribution is 5.50. The standard InChI is InChI=1S/C9H12N2O3/c1-13-8-7(4-3-5-12)6-10-9(11-8)14-2/h5-6H,3-4H2,1-2H3. The molecule has 0 aliphatic heterocycles. The van der Waals surface area contributed by atoms with Gasteiger partial charge in [0.1, 0.15) is 6.29 Å². The summed E-state index contributed by atoms with van der Waals surface area (Å²) in [7, 11) is 3.01. The summed E-state index contributed by atoms with van der Waals surface area (Å²) in [6.45, 7) is 0. The van der Waals surface area contributed by atoms with E-state index in [1.54, 1.807) is 6.20 Å². The van der Waals surface area contributed by atoms with Gasteiger partial charge < -0.3 is 14.3 Å². The zero-order chi connectivity index (χ0) is 10.4. The molecule has 0 amide bonds. The number of ether oxygens (including phenoxy) is 2. The fourth-order valence-corrected chi connectivity index (χ4v) is 1.04. The van der Waals surface area contributed by atoms with Crippen molar-refractivity contribution in [2.24, 2.45) is 0 Å². The van der Waals surface area contributed by atoms with Crippen molar-refractivity contribution in [2.75, 3.05) is 14.2 Å². The smallest absolute Gasteiger partial charge is 0.319 e. The number of methoxy groups -OCH3 is 2. The number of nitrogens with zero attached hydrogens (tertiary/aromatic N) is 2. The molecule has 0 fully saturated rings. The predicted molar refractivity (Wildman–Crippen MR) is 49.5 cm³/mol. The largest absolute Gasteiger partial charge is 0.481 e. The molecule has 0 spiro atoms. The third kappa shape index (κ3) is 2.42. The lowest BCUT2D eigenvalue weighted by atomic mass is 10.2. The van der Waals surface area contributed by atoms with Gasteiger partial charge in [0.15, 0.2) is 0 Å². The monoisotopic (exact) mass is 196 g/mol. The van der Waals surface area contributed by atoms with E-state index in [0.717, 1.165) is 11.8 Å². The molecule has 76 valence electrons. The highest BCUT2D eigenvalue weighted by Crippen LogP contribution is 2.17. The van der Waals surface area contributed by atoms with Crippen molar-refractivity contribution in [3.63, 3.8) is 0 Å². The second-order valence-corrected chi connectivity index (χ2v) is 2.60. The van der Waals surface area contributed by atoms with Gasteiger partial charge in [-0.05, 0) is 6.42 Å². The van der Waals surface area contributed by atoms with Crippen LogP contribution in [0.2, 0.25) is 0 Å². The molecule has 0 saturated carbocycles. The molecule has 1 heterocycles. The van der Waals surface area contributed by atoms with Crippen molar-refractivity contribution in [2.45, 2.75) is 12.8 Å². The van der Waals surface area contributed by atoms with E-state index in [0.29, 0.717) is 18.7 Å². The maximum absolute atomic E-state index is 10.2. The van der Waals surface area contributed by atoms with Crippen LogP contribution in [0.1, 0.15) is 12.0 Å². The SMILES string of the molecule is COc1ncc(CCC=O)c(OC)n1. The lowest BCUT2D eigenvalue weighted by Crippen LogP contribution is -2.00. The second-order valence-electron chi connectivity index (χ2n) is 2.60. The number of carbonyl (C=O) groups is 1. The van der Waals surface area contributed by atoms with Crippen LogP contribution in [0, 0.1) is 0 Å². The van der Waals surface area contributed by atoms with Gasteiger partial charge in [0.05, 0.1) is 14.2 Å². The van der Waals surface area contributed by atoms with Crippen LogP contribution in [0.25, 0.3) is 0 Å². The molecule has 0 bridgehead atoms. The van der Waals surface area contributed by atoms with Crippen molar-refractivity contribution >= 4 is 6.29 Å². The summed E-state index contributed by atoms with van der Waals surface area (Å²) in [6.07, 6.45) is 3.47. The maximum atomic E-state index is 10.2. The Kier molecular flexibility index (Phi) is 3.84. The van der Waals surface area contributed by atoms with Gasteiger partial charge >= 0.3 is 6.01 Å². The van der Waals surface area contributed by atoms with Gasteiger partial charge in [-0.15, -0.1) is 0 Å². The summed E-state index contributed by atoms with van der Waals surface area (Å²) in [5.74, 6) is 0.457. The van der Waals surface area contributed by atoms with E-state index < -0.39 is 0 Å². The molecule has 0 aliphatic rings. The number of aromatic nitrogens is 2. The molecule has 0 unspecified atom stereocenters. The third-order valence-electron chi connectivity index (χ3n) is 1.71. The first kappa shape index (κ1) is 10.4. The number of carbonyl (C=O) groups excluding carboxylic acids is 1. The van der Waals surface area contributed by atoms with Crippen molar-refractivity contribution in [3.8, 4) is 11.9 Å². The average Bonchev–Trinajstić information content (AvgIpc) is 2.26. The third-order valence-corrected chi connectivity index (χ3v) is 1.71. The second kappa shape index (κ2) is 5.16. The van der Waals surface area contributed by atoms with E-state index in [4.69, 9.17) is 9.47 Å². The molecule has 0 aliphatic carbocycles. The van der Waals surface area contributed by atoms with E-state index in [1.165, 1.54) is 14.2 Å². The van der Waals surface area contributed by atoms with E-state index in [9.17, 15) is 4.79 Å². The molecule has 0 atom stereocenters. The van der Waals surface area contributed by atoms with Gasteiger partial charge in [0.25, 0.3) is 0 Å². The molecule has 0 saturated heterocycles. The molecule has 1 rings (SSSR count). The Morgan fingerprint density at radius 3 is 2.79 bits per heavy atom. The maximum Gasteiger partial charge on any atom is 0.319 e. The molecular formula is C9H12N2O3. The lowest BCUT2D eigenvalue weighted by molar-refractivity contribution is -0.107. The highest BCUT2D eigenvalue weighted by Gasteiger charge is 2.06. The average molecular weight is 196 g/mol. The lowest BCUT2D eigenvalue weighted by Gasteiger charge is -2.06. The Morgan fingerprint density at radius 2 is 2.21 bits per heavy atom. The van der Waals surface area contributed by atoms with E-state index in [-0.39, 0.29) is 6.01 Å². The fraction of sp³-hybridized carbons (Fsp3) is 0.444. The summed E-state index contributed by atoms with van der Waals surface area (Å²) < 4.78 is 9.88. The first-order chi connectivity index (χ1) is 6.81. The van der Waals surface area contributed by atoms with Crippen molar-refractivity contribution in [1.82, 2.24) is 9.97 Å². The minimum atomic E-state index is 0.261. The molecule has 0 aromatic carbocycles. The summed E-state index contributed by atoms with van der Waals surface area (Å²) in [4.78, 5) is 18.1. The number of aldehydes is 1. The molecule has 5 nitrogen and oxygen atoms in total. The fourth-order valence-electron chi connectivity index (χ4n) is 1.04. The Labute approximate surface area is 82.1 Å². The summed E-state index contributed by atoms with van der Waals surface area (Å²) in [5.41, 5.74) is 0.806. The minimum Gasteiger partial charge on any atom is -0.481 e. The van der Waals surface area contributed by atoms with E-state index in [2.05, 4.69) is 9.97 Å². The van der Waals surface area contributed by atoms with Crippen LogP contribution in [-0.2, 0) is 11.2 Å². The summed E-state index contributed by atoms with van der Waals surface area (Å²) in [5, 5.41) is 0. The number of hydrogen-bond donors (Lipinski definition) is 0. The Bertz CT molecular complexity index is 315. The number of hydrogen-bond acceptors (Lipinski definition) is 5. The van der Waals surface area contributed by atoms with Crippen molar-refractivity contribution in [1.29, 1.82) is 0 Å². The molecule has 5 heteroatoms. The first-order valence-corrected chi connectivity index (χ1v) is 4.19. The van der Waals surface area contributed by atoms with Gasteiger partial charge in [-0.2, -0.15) is 4.98 Å². The van der Waals surface area contributed by atoms with E-state index in [1.807, 2.05) is 0 Å². The molecule has 14 heavy (non-hydrogen) atoms. The molecule has 0 N–H and O–H groups in total. The van der Waals surface area contributed by atoms with Gasteiger partial charge in [-0.25, -0.2) is 4.98 Å². The van der Waals surface area contributed by atoms with Crippen molar-refractivity contribution < 1.29 is 14.3 Å². The zero-order valence-electron chi connectivity index (χ0n) is 8.19. The molecule has 1 aromatic rings. The van der Waals surface area contributed by atoms with Crippen LogP contribution in [-0.4, -0.2) is 30.5 Å². The summed E-state index contributed by atoms with van der Waals surface area (Å²) in [6, 6.07) is 0.261. The Hall–Kier alpha value is -1.65. The predicted octanol–water partition coefficient (Wildman–Crippen LogP) is 0.625. The number of rotatable bonds is 5.